The number of hydrogen-bond acceptors (Lipinski definition) is 3. The molecule has 1 N–H and O–H groups in total. The van der Waals surface area contributed by atoms with Crippen LogP contribution in [0.3, 0.4) is 0 Å². The number of nitrogens with one attached hydrogen (secondary N) is 1. The molecule has 0 atom stereocenters. The molecule has 5 nitrogen and oxygen atoms in total. The van der Waals surface area contributed by atoms with Crippen LogP contribution >= 0.6 is 0 Å². The minimum atomic E-state index is -0.175. The largest absolute Gasteiger partial charge is 0.354 e. The molecule has 0 saturated carbocycles. The SMILES string of the molecule is Cn1cnc2c(C#N)c[nH]c2c1=O. The van der Waals surface area contributed by atoms with Gasteiger partial charge >= 0.3 is 0 Å². The van der Waals surface area contributed by atoms with Gasteiger partial charge in [0.1, 0.15) is 17.1 Å². The highest BCUT2D eigenvalue weighted by molar-refractivity contribution is 5.80. The van der Waals surface area contributed by atoms with Gasteiger partial charge in [-0.25, -0.2) is 4.98 Å². The quantitative estimate of drug-likeness (QED) is 0.617. The zero-order valence-corrected chi connectivity index (χ0v) is 6.90. The third kappa shape index (κ3) is 0.924. The normalized spacial score (nSPS) is 10.2. The number of H-pyrrole nitrogens is 1. The number of aromatic amines is 1. The number of aromatic nitrogens is 3. The molecule has 13 heavy (non-hydrogen) atoms. The summed E-state index contributed by atoms with van der Waals surface area (Å²) in [5.74, 6) is 0. The van der Waals surface area contributed by atoms with Crippen LogP contribution in [0.5, 0.6) is 0 Å². The van der Waals surface area contributed by atoms with E-state index >= 15 is 0 Å². The lowest BCUT2D eigenvalue weighted by Crippen LogP contribution is -2.16. The van der Waals surface area contributed by atoms with Gasteiger partial charge in [0.25, 0.3) is 5.56 Å². The summed E-state index contributed by atoms with van der Waals surface area (Å²) in [5, 5.41) is 8.67. The Balaban J connectivity index is 3.00. The molecule has 0 fully saturated rings. The van der Waals surface area contributed by atoms with Crippen molar-refractivity contribution in [2.24, 2.45) is 7.05 Å². The molecule has 0 aliphatic rings. The molecule has 0 aliphatic carbocycles. The third-order valence-electron chi connectivity index (χ3n) is 1.87. The summed E-state index contributed by atoms with van der Waals surface area (Å²) in [5.41, 5.74) is 1.03. The highest BCUT2D eigenvalue weighted by atomic mass is 16.1. The van der Waals surface area contributed by atoms with Crippen LogP contribution in [0.4, 0.5) is 0 Å². The fraction of sp³-hybridized carbons (Fsp3) is 0.125. The van der Waals surface area contributed by atoms with E-state index in [1.807, 2.05) is 6.07 Å². The lowest BCUT2D eigenvalue weighted by atomic mass is 10.3. The first-order valence-corrected chi connectivity index (χ1v) is 3.67. The van der Waals surface area contributed by atoms with Crippen LogP contribution in [0, 0.1) is 11.3 Å². The molecule has 64 valence electrons. The number of rotatable bonds is 0. The second-order valence-electron chi connectivity index (χ2n) is 2.70. The highest BCUT2D eigenvalue weighted by Gasteiger charge is 2.07. The van der Waals surface area contributed by atoms with E-state index in [2.05, 4.69) is 9.97 Å². The second-order valence-corrected chi connectivity index (χ2v) is 2.70. The zero-order valence-electron chi connectivity index (χ0n) is 6.90. The van der Waals surface area contributed by atoms with Crippen molar-refractivity contribution in [2.45, 2.75) is 0 Å². The van der Waals surface area contributed by atoms with Crippen molar-refractivity contribution >= 4 is 11.0 Å². The third-order valence-corrected chi connectivity index (χ3v) is 1.87. The van der Waals surface area contributed by atoms with Crippen molar-refractivity contribution in [2.75, 3.05) is 0 Å². The maximum atomic E-state index is 11.4. The van der Waals surface area contributed by atoms with E-state index in [1.54, 1.807) is 7.05 Å². The van der Waals surface area contributed by atoms with Crippen molar-refractivity contribution in [1.82, 2.24) is 14.5 Å². The van der Waals surface area contributed by atoms with Gasteiger partial charge in [-0.3, -0.25) is 4.79 Å². The molecule has 0 radical (unpaired) electrons. The zero-order chi connectivity index (χ0) is 9.42. The Morgan fingerprint density at radius 1 is 1.69 bits per heavy atom. The van der Waals surface area contributed by atoms with Gasteiger partial charge in [-0.05, 0) is 0 Å². The van der Waals surface area contributed by atoms with Crippen LogP contribution in [-0.2, 0) is 7.05 Å². The first-order chi connectivity index (χ1) is 6.24. The molecule has 0 aliphatic heterocycles. The minimum Gasteiger partial charge on any atom is -0.354 e. The molecule has 0 unspecified atom stereocenters. The maximum Gasteiger partial charge on any atom is 0.277 e. The molecule has 0 bridgehead atoms. The Hall–Kier alpha value is -2.09. The van der Waals surface area contributed by atoms with E-state index in [4.69, 9.17) is 5.26 Å². The van der Waals surface area contributed by atoms with Crippen LogP contribution in [0.2, 0.25) is 0 Å². The van der Waals surface area contributed by atoms with E-state index in [9.17, 15) is 4.79 Å². The topological polar surface area (TPSA) is 74.5 Å². The lowest BCUT2D eigenvalue weighted by Gasteiger charge is -1.94. The Morgan fingerprint density at radius 2 is 2.46 bits per heavy atom. The summed E-state index contributed by atoms with van der Waals surface area (Å²) >= 11 is 0. The molecule has 5 heteroatoms. The first-order valence-electron chi connectivity index (χ1n) is 3.67. The molecular formula is C8H6N4O. The van der Waals surface area contributed by atoms with Gasteiger partial charge in [0, 0.05) is 13.2 Å². The fourth-order valence-corrected chi connectivity index (χ4v) is 1.17. The van der Waals surface area contributed by atoms with Gasteiger partial charge in [0.2, 0.25) is 0 Å². The molecule has 0 aromatic carbocycles. The molecule has 0 saturated heterocycles. The van der Waals surface area contributed by atoms with Crippen molar-refractivity contribution < 1.29 is 0 Å². The number of aryl methyl sites for hydroxylation is 1. The molecular weight excluding hydrogens is 168 g/mol. The molecule has 2 aromatic heterocycles. The van der Waals surface area contributed by atoms with E-state index in [0.717, 1.165) is 0 Å². The Bertz CT molecular complexity index is 558. The van der Waals surface area contributed by atoms with Crippen molar-refractivity contribution in [3.8, 4) is 6.07 Å². The maximum absolute atomic E-state index is 11.4. The van der Waals surface area contributed by atoms with Gasteiger partial charge in [-0.15, -0.1) is 0 Å². The summed E-state index contributed by atoms with van der Waals surface area (Å²) < 4.78 is 1.36. The monoisotopic (exact) mass is 174 g/mol. The molecule has 0 amide bonds. The van der Waals surface area contributed by atoms with E-state index in [-0.39, 0.29) is 5.56 Å². The molecule has 0 spiro atoms. The summed E-state index contributed by atoms with van der Waals surface area (Å²) in [6, 6.07) is 1.95. The number of hydrogen-bond donors (Lipinski definition) is 1. The fourth-order valence-electron chi connectivity index (χ4n) is 1.17. The predicted octanol–water partition coefficient (Wildman–Crippen LogP) is 0.133. The van der Waals surface area contributed by atoms with Crippen molar-refractivity contribution in [3.63, 3.8) is 0 Å². The lowest BCUT2D eigenvalue weighted by molar-refractivity contribution is 0.840. The Labute approximate surface area is 73.3 Å². The average Bonchev–Trinajstić information content (AvgIpc) is 2.55. The molecule has 2 aromatic rings. The summed E-state index contributed by atoms with van der Waals surface area (Å²) in [6.07, 6.45) is 2.89. The van der Waals surface area contributed by atoms with Gasteiger partial charge in [-0.1, -0.05) is 0 Å². The van der Waals surface area contributed by atoms with Gasteiger partial charge in [-0.2, -0.15) is 5.26 Å². The number of fused-ring (bicyclic) bond motifs is 1. The Morgan fingerprint density at radius 3 is 3.15 bits per heavy atom. The van der Waals surface area contributed by atoms with Crippen LogP contribution in [-0.4, -0.2) is 14.5 Å². The smallest absolute Gasteiger partial charge is 0.277 e. The second kappa shape index (κ2) is 2.45. The van der Waals surface area contributed by atoms with Crippen LogP contribution in [0.15, 0.2) is 17.3 Å². The summed E-state index contributed by atoms with van der Waals surface area (Å²) in [7, 11) is 1.61. The predicted molar refractivity (Wildman–Crippen MR) is 46.0 cm³/mol. The van der Waals surface area contributed by atoms with E-state index < -0.39 is 0 Å². The van der Waals surface area contributed by atoms with Gasteiger partial charge in [0.05, 0.1) is 11.9 Å². The number of nitriles is 1. The highest BCUT2D eigenvalue weighted by Crippen LogP contribution is 2.09. The molecule has 2 heterocycles. The first kappa shape index (κ1) is 7.55. The van der Waals surface area contributed by atoms with Crippen molar-refractivity contribution in [1.29, 1.82) is 5.26 Å². The summed E-state index contributed by atoms with van der Waals surface area (Å²) in [4.78, 5) is 18.2. The van der Waals surface area contributed by atoms with Gasteiger partial charge < -0.3 is 9.55 Å². The minimum absolute atomic E-state index is 0.175. The number of nitrogens with zero attached hydrogens (tertiary/aromatic N) is 3. The van der Waals surface area contributed by atoms with Crippen LogP contribution in [0.1, 0.15) is 5.56 Å². The standard InChI is InChI=1S/C8H6N4O/c1-12-4-11-6-5(2-9)3-10-7(6)8(12)13/h3-4,10H,1H3. The van der Waals surface area contributed by atoms with E-state index in [0.29, 0.717) is 16.6 Å². The molecule has 2 rings (SSSR count). The van der Waals surface area contributed by atoms with Crippen LogP contribution in [0.25, 0.3) is 11.0 Å². The van der Waals surface area contributed by atoms with Gasteiger partial charge in [0.15, 0.2) is 0 Å². The van der Waals surface area contributed by atoms with Crippen molar-refractivity contribution in [3.05, 3.63) is 28.4 Å². The Kier molecular flexibility index (Phi) is 1.43. The average molecular weight is 174 g/mol. The van der Waals surface area contributed by atoms with Crippen LogP contribution < -0.4 is 5.56 Å². The summed E-state index contributed by atoms with van der Waals surface area (Å²) in [6.45, 7) is 0. The van der Waals surface area contributed by atoms with E-state index in [1.165, 1.54) is 17.1 Å².